The number of H-pyrrole nitrogens is 1. The predicted octanol–water partition coefficient (Wildman–Crippen LogP) is 3.03. The Morgan fingerprint density at radius 3 is 2.65 bits per heavy atom. The lowest BCUT2D eigenvalue weighted by atomic mass is 10.1. The fourth-order valence-electron chi connectivity index (χ4n) is 2.76. The van der Waals surface area contributed by atoms with Crippen molar-refractivity contribution in [2.75, 3.05) is 0 Å². The Morgan fingerprint density at radius 2 is 2.00 bits per heavy atom. The molecule has 0 aliphatic carbocycles. The highest BCUT2D eigenvalue weighted by Gasteiger charge is 2.33. The Hall–Kier alpha value is -3.17. The van der Waals surface area contributed by atoms with Crippen LogP contribution >= 0.6 is 0 Å². The molecule has 1 N–H and O–H groups in total. The summed E-state index contributed by atoms with van der Waals surface area (Å²) in [4.78, 5) is 18.8. The molecule has 0 radical (unpaired) electrons. The van der Waals surface area contributed by atoms with E-state index in [-0.39, 0.29) is 28.4 Å². The van der Waals surface area contributed by atoms with Crippen LogP contribution in [0.25, 0.3) is 27.9 Å². The number of nitrogens with one attached hydrogen (secondary N) is 1. The fraction of sp³-hybridized carbons (Fsp3) is 0.250. The third-order valence-electron chi connectivity index (χ3n) is 4.03. The lowest BCUT2D eigenvalue weighted by Crippen LogP contribution is -2.19. The maximum atomic E-state index is 13.2. The highest BCUT2D eigenvalue weighted by molar-refractivity contribution is 5.93. The third kappa shape index (κ3) is 2.45. The number of fused-ring (bicyclic) bond motifs is 3. The standard InChI is InChI=1S/C16H13F3N6O/c1-8(2)24-7-9(6-20-24)13-22-14-10-4-3-5-11(16(17,18)19)12(10)21-15(26)25(14)23-13/h3-8H,1-2H3,(H,21,26). The Bertz CT molecular complexity index is 1180. The minimum absolute atomic E-state index is 0.0575. The van der Waals surface area contributed by atoms with Crippen molar-refractivity contribution in [3.8, 4) is 11.4 Å². The molecule has 1 aromatic carbocycles. The van der Waals surface area contributed by atoms with E-state index in [1.807, 2.05) is 13.8 Å². The van der Waals surface area contributed by atoms with E-state index in [0.717, 1.165) is 10.6 Å². The first-order valence-electron chi connectivity index (χ1n) is 7.79. The minimum atomic E-state index is -4.60. The van der Waals surface area contributed by atoms with Gasteiger partial charge in [-0.2, -0.15) is 22.8 Å². The molecule has 0 bridgehead atoms. The van der Waals surface area contributed by atoms with E-state index in [1.54, 1.807) is 17.1 Å². The van der Waals surface area contributed by atoms with Gasteiger partial charge in [-0.05, 0) is 26.0 Å². The van der Waals surface area contributed by atoms with Gasteiger partial charge in [0.15, 0.2) is 11.5 Å². The number of rotatable bonds is 2. The zero-order valence-corrected chi connectivity index (χ0v) is 13.7. The van der Waals surface area contributed by atoms with E-state index in [2.05, 4.69) is 20.2 Å². The molecule has 7 nitrogen and oxygen atoms in total. The minimum Gasteiger partial charge on any atom is -0.305 e. The third-order valence-corrected chi connectivity index (χ3v) is 4.03. The second-order valence-electron chi connectivity index (χ2n) is 6.13. The van der Waals surface area contributed by atoms with Gasteiger partial charge < -0.3 is 4.98 Å². The second kappa shape index (κ2) is 5.41. The van der Waals surface area contributed by atoms with Gasteiger partial charge in [-0.15, -0.1) is 5.10 Å². The molecule has 3 aromatic heterocycles. The number of hydrogen-bond acceptors (Lipinski definition) is 4. The molecule has 3 heterocycles. The first-order valence-corrected chi connectivity index (χ1v) is 7.79. The molecule has 0 saturated heterocycles. The van der Waals surface area contributed by atoms with Crippen LogP contribution in [-0.4, -0.2) is 29.4 Å². The van der Waals surface area contributed by atoms with E-state index in [1.165, 1.54) is 12.1 Å². The van der Waals surface area contributed by atoms with Crippen molar-refractivity contribution in [2.45, 2.75) is 26.1 Å². The summed E-state index contributed by atoms with van der Waals surface area (Å²) >= 11 is 0. The number of halogens is 3. The van der Waals surface area contributed by atoms with Gasteiger partial charge in [0.2, 0.25) is 0 Å². The highest BCUT2D eigenvalue weighted by Crippen LogP contribution is 2.34. The Morgan fingerprint density at radius 1 is 1.23 bits per heavy atom. The monoisotopic (exact) mass is 362 g/mol. The quantitative estimate of drug-likeness (QED) is 0.594. The van der Waals surface area contributed by atoms with Gasteiger partial charge >= 0.3 is 11.9 Å². The van der Waals surface area contributed by atoms with Crippen molar-refractivity contribution in [2.24, 2.45) is 0 Å². The van der Waals surface area contributed by atoms with E-state index in [9.17, 15) is 18.0 Å². The van der Waals surface area contributed by atoms with Crippen LogP contribution in [0.3, 0.4) is 0 Å². The van der Waals surface area contributed by atoms with Crippen molar-refractivity contribution in [3.05, 3.63) is 46.6 Å². The lowest BCUT2D eigenvalue weighted by molar-refractivity contribution is -0.136. The lowest BCUT2D eigenvalue weighted by Gasteiger charge is -2.09. The zero-order chi connectivity index (χ0) is 18.6. The van der Waals surface area contributed by atoms with Crippen molar-refractivity contribution in [1.29, 1.82) is 0 Å². The van der Waals surface area contributed by atoms with Gasteiger partial charge in [-0.25, -0.2) is 9.78 Å². The van der Waals surface area contributed by atoms with Gasteiger partial charge in [0, 0.05) is 17.6 Å². The first kappa shape index (κ1) is 16.3. The molecule has 4 aromatic rings. The van der Waals surface area contributed by atoms with Crippen LogP contribution in [0.4, 0.5) is 13.2 Å². The molecular formula is C16H13F3N6O. The molecule has 0 aliphatic heterocycles. The first-order chi connectivity index (χ1) is 12.3. The van der Waals surface area contributed by atoms with Gasteiger partial charge in [0.05, 0.1) is 22.8 Å². The molecule has 10 heteroatoms. The van der Waals surface area contributed by atoms with E-state index >= 15 is 0 Å². The molecule has 0 fully saturated rings. The van der Waals surface area contributed by atoms with Crippen LogP contribution in [0.5, 0.6) is 0 Å². The zero-order valence-electron chi connectivity index (χ0n) is 13.7. The Balaban J connectivity index is 1.99. The van der Waals surface area contributed by atoms with Gasteiger partial charge in [0.1, 0.15) is 0 Å². The van der Waals surface area contributed by atoms with Crippen LogP contribution in [0.2, 0.25) is 0 Å². The fourth-order valence-corrected chi connectivity index (χ4v) is 2.76. The van der Waals surface area contributed by atoms with Gasteiger partial charge in [-0.3, -0.25) is 4.68 Å². The normalized spacial score (nSPS) is 12.5. The Labute approximate surface area is 144 Å². The molecule has 0 unspecified atom stereocenters. The molecule has 0 atom stereocenters. The maximum absolute atomic E-state index is 13.2. The topological polar surface area (TPSA) is 80.9 Å². The summed E-state index contributed by atoms with van der Waals surface area (Å²) in [6.45, 7) is 3.90. The van der Waals surface area contributed by atoms with E-state index in [0.29, 0.717) is 5.56 Å². The molecular weight excluding hydrogens is 349 g/mol. The SMILES string of the molecule is CC(C)n1cc(-c2nc3c4cccc(C(F)(F)F)c4[nH]c(=O)n3n2)cn1. The van der Waals surface area contributed by atoms with Crippen LogP contribution in [0.1, 0.15) is 25.5 Å². The summed E-state index contributed by atoms with van der Waals surface area (Å²) in [5.41, 5.74) is -1.40. The number of aromatic nitrogens is 6. The molecule has 26 heavy (non-hydrogen) atoms. The molecule has 0 aliphatic rings. The average Bonchev–Trinajstić information content (AvgIpc) is 3.21. The summed E-state index contributed by atoms with van der Waals surface area (Å²) in [6.07, 6.45) is -1.33. The van der Waals surface area contributed by atoms with E-state index in [4.69, 9.17) is 0 Å². The number of benzene rings is 1. The molecule has 0 spiro atoms. The summed E-state index contributed by atoms with van der Waals surface area (Å²) < 4.78 is 42.3. The number of para-hydroxylation sites is 1. The second-order valence-corrected chi connectivity index (χ2v) is 6.13. The number of alkyl halides is 3. The van der Waals surface area contributed by atoms with Crippen molar-refractivity contribution in [1.82, 2.24) is 29.4 Å². The van der Waals surface area contributed by atoms with Crippen molar-refractivity contribution >= 4 is 16.6 Å². The summed E-state index contributed by atoms with van der Waals surface area (Å²) in [7, 11) is 0. The predicted molar refractivity (Wildman–Crippen MR) is 87.7 cm³/mol. The van der Waals surface area contributed by atoms with Crippen LogP contribution in [-0.2, 0) is 6.18 Å². The summed E-state index contributed by atoms with van der Waals surface area (Å²) in [5.74, 6) is 0.215. The molecule has 0 saturated carbocycles. The van der Waals surface area contributed by atoms with Gasteiger partial charge in [0.25, 0.3) is 0 Å². The summed E-state index contributed by atoms with van der Waals surface area (Å²) in [5, 5.41) is 8.47. The van der Waals surface area contributed by atoms with Crippen LogP contribution < -0.4 is 5.69 Å². The maximum Gasteiger partial charge on any atom is 0.418 e. The summed E-state index contributed by atoms with van der Waals surface area (Å²) in [6, 6.07) is 3.78. The van der Waals surface area contributed by atoms with Crippen LogP contribution in [0, 0.1) is 0 Å². The number of hydrogen-bond donors (Lipinski definition) is 1. The largest absolute Gasteiger partial charge is 0.418 e. The van der Waals surface area contributed by atoms with Crippen molar-refractivity contribution in [3.63, 3.8) is 0 Å². The smallest absolute Gasteiger partial charge is 0.305 e. The number of aromatic amines is 1. The average molecular weight is 362 g/mol. The number of nitrogens with zero attached hydrogens (tertiary/aromatic N) is 5. The van der Waals surface area contributed by atoms with Crippen molar-refractivity contribution < 1.29 is 13.2 Å². The Kier molecular flexibility index (Phi) is 3.40. The highest BCUT2D eigenvalue weighted by atomic mass is 19.4. The van der Waals surface area contributed by atoms with Crippen LogP contribution in [0.15, 0.2) is 35.4 Å². The van der Waals surface area contributed by atoms with E-state index < -0.39 is 17.4 Å². The molecule has 4 rings (SSSR count). The molecule has 134 valence electrons. The molecule has 0 amide bonds. The van der Waals surface area contributed by atoms with Gasteiger partial charge in [-0.1, -0.05) is 6.07 Å².